The van der Waals surface area contributed by atoms with E-state index in [2.05, 4.69) is 36.7 Å². The van der Waals surface area contributed by atoms with Gasteiger partial charge >= 0.3 is 11.6 Å². The number of carbonyl (C=O) groups excluding carboxylic acids is 7. The number of hydrogen-bond donors (Lipinski definition) is 8. The molecule has 2 saturated heterocycles. The minimum Gasteiger partial charge on any atom is -0.481 e. The summed E-state index contributed by atoms with van der Waals surface area (Å²) in [6, 6.07) is 5.28. The average Bonchev–Trinajstić information content (AvgIpc) is 4.03. The number of aromatic amines is 1. The molecule has 5 heterocycles. The number of unbranched alkanes of at least 4 members (excludes halogenated alkanes) is 1. The van der Waals surface area contributed by atoms with Gasteiger partial charge in [-0.05, 0) is 56.2 Å². The van der Waals surface area contributed by atoms with Gasteiger partial charge in [0.15, 0.2) is 6.20 Å². The van der Waals surface area contributed by atoms with Gasteiger partial charge in [-0.25, -0.2) is 4.57 Å². The first-order chi connectivity index (χ1) is 30.4. The molecule has 0 saturated carbocycles. The third-order valence-corrected chi connectivity index (χ3v) is 13.3. The van der Waals surface area contributed by atoms with E-state index in [4.69, 9.17) is 5.73 Å². The molecule has 0 spiro atoms. The van der Waals surface area contributed by atoms with Gasteiger partial charge in [0.1, 0.15) is 36.4 Å². The standard InChI is InChI=1S/C41H51N11O9S2/c42-37(57)31-24-63-62-20-14-33(53)46-28(9-3-4-16-50-18-19-52-35(50)11-5-15-45-52)38(58)44-23-34(54)47-29(12-13-36(55)56)39(59)48-30(21-25-22-43-27-8-2-1-7-26(25)27)41(61)51-17-6-10-32(51)40(60)49-31/h1-2,5,7-8,11,15,18-19,22,28-32,43H,3-4,6,9-10,12-14,16-17,20-21,23-24H2,(H7-,42,44,46,47,48,49,53,54,55,56,57,58,59,60)/p+1/t28-,29-,30-,31?,32-/m0/s1. The zero-order valence-corrected chi connectivity index (χ0v) is 36.1. The number of primary amides is 1. The van der Waals surface area contributed by atoms with Crippen LogP contribution in [-0.2, 0) is 51.3 Å². The van der Waals surface area contributed by atoms with E-state index < -0.39 is 90.5 Å². The summed E-state index contributed by atoms with van der Waals surface area (Å²) in [4.78, 5) is 111. The number of para-hydroxylation sites is 1. The van der Waals surface area contributed by atoms with Crippen LogP contribution in [0.1, 0.15) is 56.9 Å². The molecule has 336 valence electrons. The van der Waals surface area contributed by atoms with Crippen molar-refractivity contribution in [1.29, 1.82) is 0 Å². The van der Waals surface area contributed by atoms with Gasteiger partial charge in [0.25, 0.3) is 0 Å². The van der Waals surface area contributed by atoms with Crippen LogP contribution < -0.4 is 36.8 Å². The number of aryl methyl sites for hydroxylation is 1. The van der Waals surface area contributed by atoms with Crippen molar-refractivity contribution in [2.24, 2.45) is 5.73 Å². The highest BCUT2D eigenvalue weighted by molar-refractivity contribution is 8.76. The molecule has 22 heteroatoms. The summed E-state index contributed by atoms with van der Waals surface area (Å²) in [6.45, 7) is 0.184. The zero-order chi connectivity index (χ0) is 44.9. The molecule has 1 unspecified atom stereocenters. The van der Waals surface area contributed by atoms with Crippen molar-refractivity contribution in [2.75, 3.05) is 24.6 Å². The molecular weight excluding hydrogens is 855 g/mol. The number of amides is 7. The van der Waals surface area contributed by atoms with E-state index in [-0.39, 0.29) is 44.4 Å². The van der Waals surface area contributed by atoms with Crippen molar-refractivity contribution in [3.8, 4) is 0 Å². The Morgan fingerprint density at radius 1 is 0.889 bits per heavy atom. The van der Waals surface area contributed by atoms with Crippen LogP contribution in [0, 0.1) is 0 Å². The number of imidazole rings is 1. The van der Waals surface area contributed by atoms with Crippen molar-refractivity contribution < 1.29 is 48.0 Å². The largest absolute Gasteiger partial charge is 0.481 e. The quantitative estimate of drug-likeness (QED) is 0.0547. The Kier molecular flexibility index (Phi) is 16.4. The molecule has 3 aromatic heterocycles. The van der Waals surface area contributed by atoms with Crippen molar-refractivity contribution in [2.45, 2.75) is 94.5 Å². The number of H-pyrrole nitrogens is 1. The van der Waals surface area contributed by atoms with Gasteiger partial charge in [0.05, 0.1) is 19.3 Å². The van der Waals surface area contributed by atoms with E-state index in [9.17, 15) is 43.5 Å². The van der Waals surface area contributed by atoms with Crippen LogP contribution in [0.3, 0.4) is 0 Å². The number of carboxylic acids is 1. The van der Waals surface area contributed by atoms with Crippen molar-refractivity contribution in [1.82, 2.24) is 46.1 Å². The highest BCUT2D eigenvalue weighted by Gasteiger charge is 2.40. The van der Waals surface area contributed by atoms with Crippen LogP contribution in [0.5, 0.6) is 0 Å². The molecule has 0 aliphatic carbocycles. The topological polar surface area (TPSA) is 284 Å². The maximum absolute atomic E-state index is 14.5. The Morgan fingerprint density at radius 2 is 1.68 bits per heavy atom. The first-order valence-corrected chi connectivity index (χ1v) is 23.3. The number of aliphatic carboxylic acids is 1. The van der Waals surface area contributed by atoms with Gasteiger partial charge < -0.3 is 47.3 Å². The Balaban J connectivity index is 1.22. The van der Waals surface area contributed by atoms with E-state index in [1.807, 2.05) is 53.4 Å². The molecule has 2 fully saturated rings. The summed E-state index contributed by atoms with van der Waals surface area (Å²) in [5.41, 5.74) is 8.02. The zero-order valence-electron chi connectivity index (χ0n) is 34.5. The smallest absolute Gasteiger partial charge is 0.307 e. The van der Waals surface area contributed by atoms with E-state index in [0.717, 1.165) is 16.6 Å². The first-order valence-electron chi connectivity index (χ1n) is 20.8. The van der Waals surface area contributed by atoms with E-state index in [1.54, 1.807) is 16.9 Å². The fourth-order valence-corrected chi connectivity index (χ4v) is 9.80. The molecule has 5 atom stereocenters. The minimum atomic E-state index is -1.44. The molecule has 63 heavy (non-hydrogen) atoms. The molecular formula is C41H52N11O9S2+. The van der Waals surface area contributed by atoms with Crippen LogP contribution in [0.4, 0.5) is 0 Å². The lowest BCUT2D eigenvalue weighted by molar-refractivity contribution is -0.579. The number of benzene rings is 1. The summed E-state index contributed by atoms with van der Waals surface area (Å²) in [6.07, 6.45) is 8.36. The van der Waals surface area contributed by atoms with Crippen LogP contribution in [0.15, 0.2) is 61.2 Å². The molecule has 6 rings (SSSR count). The lowest BCUT2D eigenvalue weighted by Crippen LogP contribution is -2.59. The van der Waals surface area contributed by atoms with Crippen molar-refractivity contribution in [3.63, 3.8) is 0 Å². The molecule has 2 aliphatic rings. The van der Waals surface area contributed by atoms with Crippen LogP contribution >= 0.6 is 21.6 Å². The number of nitrogens with two attached hydrogens (primary N) is 1. The Labute approximate surface area is 370 Å². The lowest BCUT2D eigenvalue weighted by Gasteiger charge is -2.30. The fraction of sp³-hybridized carbons (Fsp3) is 0.463. The van der Waals surface area contributed by atoms with Crippen molar-refractivity contribution >= 4 is 85.5 Å². The summed E-state index contributed by atoms with van der Waals surface area (Å²) in [5, 5.41) is 27.8. The Bertz CT molecular complexity index is 2320. The highest BCUT2D eigenvalue weighted by atomic mass is 33.1. The molecule has 2 aliphatic heterocycles. The third kappa shape index (κ3) is 12.7. The summed E-state index contributed by atoms with van der Waals surface area (Å²) in [5.74, 6) is -5.58. The second-order valence-corrected chi connectivity index (χ2v) is 18.0. The minimum absolute atomic E-state index is 0.00827. The number of nitrogens with one attached hydrogen (secondary N) is 6. The number of rotatable bonds is 11. The van der Waals surface area contributed by atoms with Gasteiger partial charge in [-0.1, -0.05) is 44.9 Å². The second kappa shape index (κ2) is 22.3. The van der Waals surface area contributed by atoms with Crippen LogP contribution in [0.2, 0.25) is 0 Å². The van der Waals surface area contributed by atoms with Gasteiger partial charge in [-0.2, -0.15) is 0 Å². The van der Waals surface area contributed by atoms with Crippen LogP contribution in [0.25, 0.3) is 16.6 Å². The van der Waals surface area contributed by atoms with Crippen LogP contribution in [-0.4, -0.2) is 127 Å². The summed E-state index contributed by atoms with van der Waals surface area (Å²) < 4.78 is 3.75. The van der Waals surface area contributed by atoms with Gasteiger partial charge in [0.2, 0.25) is 41.4 Å². The number of nitrogens with zero attached hydrogens (tertiary/aromatic N) is 4. The second-order valence-electron chi connectivity index (χ2n) is 15.3. The molecule has 4 aromatic rings. The average molecular weight is 907 g/mol. The fourth-order valence-electron chi connectivity index (χ4n) is 7.63. The van der Waals surface area contributed by atoms with E-state index in [1.165, 1.54) is 26.5 Å². The number of aromatic nitrogens is 4. The predicted octanol–water partition coefficient (Wildman–Crippen LogP) is -0.302. The Hall–Kier alpha value is -6.16. The molecule has 20 nitrogen and oxygen atoms in total. The highest BCUT2D eigenvalue weighted by Crippen LogP contribution is 2.25. The lowest BCUT2D eigenvalue weighted by atomic mass is 10.0. The summed E-state index contributed by atoms with van der Waals surface area (Å²) >= 11 is 0. The molecule has 9 N–H and O–H groups in total. The Morgan fingerprint density at radius 3 is 2.49 bits per heavy atom. The van der Waals surface area contributed by atoms with Crippen molar-refractivity contribution in [3.05, 3.63) is 66.7 Å². The molecule has 0 radical (unpaired) electrons. The number of carbonyl (C=O) groups is 8. The molecule has 7 amide bonds. The number of fused-ring (bicyclic) bond motifs is 3. The third-order valence-electron chi connectivity index (χ3n) is 10.9. The first kappa shape index (κ1) is 46.3. The monoisotopic (exact) mass is 906 g/mol. The number of hydrogen-bond acceptors (Lipinski definition) is 11. The SMILES string of the molecule is NC(=O)C1CSSCCC(=O)N[C@@H](CCCCn2cc[n+]3ncccc23)C(=O)NCC(=O)N[C@@H](CCC(=O)O)C(=O)N[C@@H](Cc2c[nH]c3ccccc23)C(=O)N2CCC[C@H]2C(=O)N1. The van der Waals surface area contributed by atoms with Gasteiger partial charge in [-0.15, -0.1) is 4.52 Å². The van der Waals surface area contributed by atoms with E-state index >= 15 is 0 Å². The van der Waals surface area contributed by atoms with E-state index in [0.29, 0.717) is 37.1 Å². The maximum atomic E-state index is 14.5. The normalized spacial score (nSPS) is 22.7. The maximum Gasteiger partial charge on any atom is 0.307 e. The number of carboxylic acid groups (broad SMARTS) is 1. The van der Waals surface area contributed by atoms with Gasteiger partial charge in [0, 0.05) is 60.5 Å². The molecule has 0 bridgehead atoms. The molecule has 1 aromatic carbocycles. The predicted molar refractivity (Wildman–Crippen MR) is 232 cm³/mol. The van der Waals surface area contributed by atoms with Gasteiger partial charge in [-0.3, -0.25) is 38.4 Å². The summed E-state index contributed by atoms with van der Waals surface area (Å²) in [7, 11) is 2.50.